The number of nitrogens with one attached hydrogen (secondary N) is 1. The number of hydrogen-bond donors (Lipinski definition) is 1. The first kappa shape index (κ1) is 23.2. The SMILES string of the molecule is CN/C(C)=C(\C=C\Cc1ccc(CCC=O)c(N(C)C)c1)SN1CCn2nccc2C1. The first-order valence-electron chi connectivity index (χ1n) is 10.7. The fourth-order valence-electron chi connectivity index (χ4n) is 3.61. The molecule has 6 nitrogen and oxygen atoms in total. The second-order valence-electron chi connectivity index (χ2n) is 7.91. The summed E-state index contributed by atoms with van der Waals surface area (Å²) in [6.07, 6.45) is 9.53. The van der Waals surface area contributed by atoms with Gasteiger partial charge >= 0.3 is 0 Å². The molecule has 0 bridgehead atoms. The van der Waals surface area contributed by atoms with Crippen LogP contribution in [-0.4, -0.2) is 48.1 Å². The van der Waals surface area contributed by atoms with Crippen molar-refractivity contribution in [1.29, 1.82) is 0 Å². The van der Waals surface area contributed by atoms with E-state index < -0.39 is 0 Å². The van der Waals surface area contributed by atoms with Gasteiger partial charge in [0.2, 0.25) is 0 Å². The number of rotatable bonds is 10. The number of anilines is 1. The Labute approximate surface area is 190 Å². The third-order valence-electron chi connectivity index (χ3n) is 5.46. The molecule has 1 aromatic carbocycles. The van der Waals surface area contributed by atoms with Gasteiger partial charge in [-0.3, -0.25) is 4.68 Å². The second-order valence-corrected chi connectivity index (χ2v) is 9.05. The van der Waals surface area contributed by atoms with E-state index in [2.05, 4.69) is 81.7 Å². The number of aromatic nitrogens is 2. The Morgan fingerprint density at radius 1 is 1.29 bits per heavy atom. The van der Waals surface area contributed by atoms with E-state index in [9.17, 15) is 4.79 Å². The summed E-state index contributed by atoms with van der Waals surface area (Å²) in [4.78, 5) is 14.1. The van der Waals surface area contributed by atoms with Gasteiger partial charge < -0.3 is 15.0 Å². The summed E-state index contributed by atoms with van der Waals surface area (Å²) < 4.78 is 4.48. The molecule has 0 radical (unpaired) electrons. The van der Waals surface area contributed by atoms with E-state index in [1.807, 2.05) is 13.2 Å². The lowest BCUT2D eigenvalue weighted by Crippen LogP contribution is -2.29. The van der Waals surface area contributed by atoms with Crippen molar-refractivity contribution in [2.24, 2.45) is 0 Å². The van der Waals surface area contributed by atoms with Crippen molar-refractivity contribution in [2.45, 2.75) is 39.3 Å². The summed E-state index contributed by atoms with van der Waals surface area (Å²) in [5.74, 6) is 0. The molecule has 0 amide bonds. The van der Waals surface area contributed by atoms with Crippen LogP contribution in [0.4, 0.5) is 5.69 Å². The number of hydrogen-bond acceptors (Lipinski definition) is 6. The van der Waals surface area contributed by atoms with Crippen LogP contribution in [0.3, 0.4) is 0 Å². The molecule has 3 rings (SSSR count). The number of aryl methyl sites for hydroxylation is 1. The minimum atomic E-state index is 0.562. The molecule has 1 aliphatic rings. The lowest BCUT2D eigenvalue weighted by Gasteiger charge is -2.27. The fraction of sp³-hybridized carbons (Fsp3) is 0.417. The van der Waals surface area contributed by atoms with Crippen molar-refractivity contribution in [1.82, 2.24) is 19.4 Å². The maximum absolute atomic E-state index is 10.8. The fourth-order valence-corrected chi connectivity index (χ4v) is 4.65. The van der Waals surface area contributed by atoms with Gasteiger partial charge in [-0.15, -0.1) is 0 Å². The van der Waals surface area contributed by atoms with Gasteiger partial charge in [0.05, 0.1) is 18.8 Å². The number of benzene rings is 1. The maximum Gasteiger partial charge on any atom is 0.120 e. The zero-order valence-corrected chi connectivity index (χ0v) is 19.8. The molecule has 0 aliphatic carbocycles. The predicted molar refractivity (Wildman–Crippen MR) is 130 cm³/mol. The molecule has 0 fully saturated rings. The van der Waals surface area contributed by atoms with Gasteiger partial charge in [0, 0.05) is 56.6 Å². The average Bonchev–Trinajstić information content (AvgIpc) is 3.24. The van der Waals surface area contributed by atoms with E-state index in [0.29, 0.717) is 6.42 Å². The molecule has 1 aromatic heterocycles. The Bertz CT molecular complexity index is 947. The molecule has 2 aromatic rings. The van der Waals surface area contributed by atoms with Gasteiger partial charge in [-0.25, -0.2) is 4.31 Å². The van der Waals surface area contributed by atoms with Crippen LogP contribution >= 0.6 is 11.9 Å². The van der Waals surface area contributed by atoms with Crippen LogP contribution in [0.5, 0.6) is 0 Å². The summed E-state index contributed by atoms with van der Waals surface area (Å²) in [6, 6.07) is 8.66. The van der Waals surface area contributed by atoms with Gasteiger partial charge in [-0.05, 0) is 61.0 Å². The number of carbonyl (C=O) groups is 1. The highest BCUT2D eigenvalue weighted by Gasteiger charge is 2.18. The molecular weight excluding hydrogens is 406 g/mol. The second kappa shape index (κ2) is 11.2. The third-order valence-corrected chi connectivity index (χ3v) is 6.67. The van der Waals surface area contributed by atoms with Crippen LogP contribution in [0.25, 0.3) is 0 Å². The predicted octanol–water partition coefficient (Wildman–Crippen LogP) is 3.79. The molecule has 0 spiro atoms. The molecule has 0 unspecified atom stereocenters. The van der Waals surface area contributed by atoms with Crippen molar-refractivity contribution in [2.75, 3.05) is 32.6 Å². The monoisotopic (exact) mass is 439 g/mol. The van der Waals surface area contributed by atoms with Crippen LogP contribution in [0, 0.1) is 0 Å². The van der Waals surface area contributed by atoms with Gasteiger partial charge in [-0.2, -0.15) is 5.10 Å². The lowest BCUT2D eigenvalue weighted by molar-refractivity contribution is -0.107. The molecule has 1 N–H and O–H groups in total. The molecule has 0 saturated carbocycles. The van der Waals surface area contributed by atoms with Crippen LogP contribution in [-0.2, 0) is 30.7 Å². The summed E-state index contributed by atoms with van der Waals surface area (Å²) in [5.41, 5.74) is 6.10. The van der Waals surface area contributed by atoms with Crippen LogP contribution in [0.2, 0.25) is 0 Å². The Kier molecular flexibility index (Phi) is 8.37. The molecule has 0 atom stereocenters. The lowest BCUT2D eigenvalue weighted by atomic mass is 10.0. The Hall–Kier alpha value is -2.51. The van der Waals surface area contributed by atoms with E-state index in [-0.39, 0.29) is 0 Å². The number of carbonyl (C=O) groups excluding carboxylic acids is 1. The van der Waals surface area contributed by atoms with Crippen molar-refractivity contribution >= 4 is 23.9 Å². The van der Waals surface area contributed by atoms with Gasteiger partial charge in [-0.1, -0.05) is 18.2 Å². The summed E-state index contributed by atoms with van der Waals surface area (Å²) in [5, 5.41) is 7.67. The molecule has 31 heavy (non-hydrogen) atoms. The topological polar surface area (TPSA) is 53.4 Å². The summed E-state index contributed by atoms with van der Waals surface area (Å²) >= 11 is 1.80. The Balaban J connectivity index is 1.68. The van der Waals surface area contributed by atoms with E-state index in [0.717, 1.165) is 38.8 Å². The minimum Gasteiger partial charge on any atom is -0.391 e. The van der Waals surface area contributed by atoms with Crippen molar-refractivity contribution in [3.05, 3.63) is 70.0 Å². The Morgan fingerprint density at radius 3 is 2.87 bits per heavy atom. The normalized spacial score (nSPS) is 15.0. The highest BCUT2D eigenvalue weighted by molar-refractivity contribution is 8.01. The average molecular weight is 440 g/mol. The van der Waals surface area contributed by atoms with Crippen molar-refractivity contribution in [3.63, 3.8) is 0 Å². The Morgan fingerprint density at radius 2 is 2.13 bits per heavy atom. The molecule has 0 saturated heterocycles. The van der Waals surface area contributed by atoms with Crippen molar-refractivity contribution in [3.8, 4) is 0 Å². The quantitative estimate of drug-likeness (QED) is 0.345. The summed E-state index contributed by atoms with van der Waals surface area (Å²) in [7, 11) is 6.08. The smallest absolute Gasteiger partial charge is 0.120 e. The third kappa shape index (κ3) is 6.24. The first-order chi connectivity index (χ1) is 15.0. The number of fused-ring (bicyclic) bond motifs is 1. The number of aldehydes is 1. The van der Waals surface area contributed by atoms with E-state index in [1.165, 1.54) is 33.1 Å². The highest BCUT2D eigenvalue weighted by atomic mass is 32.2. The number of nitrogens with zero attached hydrogens (tertiary/aromatic N) is 4. The van der Waals surface area contributed by atoms with Gasteiger partial charge in [0.15, 0.2) is 0 Å². The van der Waals surface area contributed by atoms with Gasteiger partial charge in [0.25, 0.3) is 0 Å². The van der Waals surface area contributed by atoms with Gasteiger partial charge in [0.1, 0.15) is 6.29 Å². The maximum atomic E-state index is 10.8. The largest absolute Gasteiger partial charge is 0.391 e. The van der Waals surface area contributed by atoms with Crippen LogP contribution in [0.15, 0.2) is 53.2 Å². The minimum absolute atomic E-state index is 0.562. The zero-order chi connectivity index (χ0) is 22.2. The molecule has 2 heterocycles. The van der Waals surface area contributed by atoms with E-state index in [4.69, 9.17) is 0 Å². The molecule has 7 heteroatoms. The van der Waals surface area contributed by atoms with Crippen LogP contribution in [0.1, 0.15) is 30.2 Å². The molecular formula is C24H33N5OS. The standard InChI is InChI=1S/C24H33N5OS/c1-19(25-2)24(31-28-14-15-29-22(18-28)12-13-26-29)9-5-7-20-10-11-21(8-6-16-30)23(17-20)27(3)4/h5,9-13,16-17,25H,6-8,14-15,18H2,1-4H3/b9-5+,24-19+. The van der Waals surface area contributed by atoms with Crippen LogP contribution < -0.4 is 10.2 Å². The molecule has 1 aliphatic heterocycles. The zero-order valence-electron chi connectivity index (χ0n) is 19.0. The van der Waals surface area contributed by atoms with E-state index in [1.54, 1.807) is 11.9 Å². The number of allylic oxidation sites excluding steroid dienone is 3. The summed E-state index contributed by atoms with van der Waals surface area (Å²) in [6.45, 7) is 4.91. The van der Waals surface area contributed by atoms with Crippen molar-refractivity contribution < 1.29 is 4.79 Å². The highest BCUT2D eigenvalue weighted by Crippen LogP contribution is 2.29. The molecule has 166 valence electrons. The van der Waals surface area contributed by atoms with E-state index >= 15 is 0 Å². The first-order valence-corrected chi connectivity index (χ1v) is 11.5.